The molecule has 0 aromatic rings. The molecule has 2 atom stereocenters. The van der Waals surface area contributed by atoms with Crippen molar-refractivity contribution in [2.45, 2.75) is 31.3 Å². The van der Waals surface area contributed by atoms with E-state index in [9.17, 15) is 0 Å². The Labute approximate surface area is 67.3 Å². The van der Waals surface area contributed by atoms with Gasteiger partial charge in [-0.25, -0.2) is 0 Å². The molecule has 0 aromatic heterocycles. The van der Waals surface area contributed by atoms with Crippen molar-refractivity contribution in [3.63, 3.8) is 0 Å². The van der Waals surface area contributed by atoms with Gasteiger partial charge < -0.3 is 10.6 Å². The van der Waals surface area contributed by atoms with Crippen LogP contribution in [0.2, 0.25) is 0 Å². The van der Waals surface area contributed by atoms with Crippen molar-refractivity contribution >= 4 is 6.34 Å². The van der Waals surface area contributed by atoms with Gasteiger partial charge in [0.25, 0.3) is 0 Å². The summed E-state index contributed by atoms with van der Waals surface area (Å²) in [5, 5.41) is 6.74. The van der Waals surface area contributed by atoms with Crippen molar-refractivity contribution in [2.75, 3.05) is 13.1 Å². The molecular formula is C8H15N3. The van der Waals surface area contributed by atoms with E-state index in [2.05, 4.69) is 15.6 Å². The van der Waals surface area contributed by atoms with E-state index in [-0.39, 0.29) is 0 Å². The molecule has 62 valence electrons. The van der Waals surface area contributed by atoms with Gasteiger partial charge in [0, 0.05) is 12.1 Å². The van der Waals surface area contributed by atoms with Crippen LogP contribution >= 0.6 is 0 Å². The minimum atomic E-state index is 0.602. The normalized spacial score (nSPS) is 36.0. The quantitative estimate of drug-likeness (QED) is 0.591. The minimum Gasteiger partial charge on any atom is -0.372 e. The first-order valence-corrected chi connectivity index (χ1v) is 4.43. The summed E-state index contributed by atoms with van der Waals surface area (Å²) >= 11 is 0. The zero-order valence-electron chi connectivity index (χ0n) is 6.71. The van der Waals surface area contributed by atoms with Gasteiger partial charge in [0.1, 0.15) is 0 Å². The van der Waals surface area contributed by atoms with E-state index in [1.54, 1.807) is 0 Å². The lowest BCUT2D eigenvalue weighted by atomic mass is 10.1. The molecule has 0 aromatic carbocycles. The van der Waals surface area contributed by atoms with Gasteiger partial charge in [0.05, 0.1) is 12.9 Å². The van der Waals surface area contributed by atoms with Crippen molar-refractivity contribution < 1.29 is 0 Å². The number of aliphatic imine (C=N–C) groups is 1. The maximum atomic E-state index is 4.14. The Morgan fingerprint density at radius 1 is 1.45 bits per heavy atom. The summed E-state index contributed by atoms with van der Waals surface area (Å²) in [5.74, 6) is 0. The topological polar surface area (TPSA) is 36.4 Å². The van der Waals surface area contributed by atoms with Crippen LogP contribution in [0, 0.1) is 0 Å². The minimum absolute atomic E-state index is 0.602. The Balaban J connectivity index is 1.72. The van der Waals surface area contributed by atoms with Crippen LogP contribution in [0.15, 0.2) is 4.99 Å². The summed E-state index contributed by atoms with van der Waals surface area (Å²) in [7, 11) is 0. The Kier molecular flexibility index (Phi) is 2.08. The molecule has 2 unspecified atom stereocenters. The Morgan fingerprint density at radius 3 is 3.09 bits per heavy atom. The van der Waals surface area contributed by atoms with E-state index in [0.29, 0.717) is 6.04 Å². The molecule has 2 rings (SSSR count). The highest BCUT2D eigenvalue weighted by atomic mass is 15.1. The highest BCUT2D eigenvalue weighted by molar-refractivity contribution is 5.57. The molecule has 0 amide bonds. The summed E-state index contributed by atoms with van der Waals surface area (Å²) in [6, 6.07) is 1.35. The first-order chi connectivity index (χ1) is 5.45. The van der Waals surface area contributed by atoms with Gasteiger partial charge in [0.15, 0.2) is 0 Å². The number of rotatable bonds is 2. The van der Waals surface area contributed by atoms with Crippen molar-refractivity contribution in [1.29, 1.82) is 0 Å². The lowest BCUT2D eigenvalue weighted by Gasteiger charge is -2.15. The molecule has 11 heavy (non-hydrogen) atoms. The van der Waals surface area contributed by atoms with E-state index in [4.69, 9.17) is 0 Å². The monoisotopic (exact) mass is 153 g/mol. The summed E-state index contributed by atoms with van der Waals surface area (Å²) in [4.78, 5) is 4.14. The average molecular weight is 153 g/mol. The van der Waals surface area contributed by atoms with Gasteiger partial charge in [-0.2, -0.15) is 0 Å². The van der Waals surface area contributed by atoms with Crippen LogP contribution in [0.1, 0.15) is 19.3 Å². The second-order valence-corrected chi connectivity index (χ2v) is 3.39. The second kappa shape index (κ2) is 3.22. The fourth-order valence-electron chi connectivity index (χ4n) is 1.83. The number of hydrogen-bond acceptors (Lipinski definition) is 3. The third kappa shape index (κ3) is 1.71. The third-order valence-electron chi connectivity index (χ3n) is 2.46. The Bertz CT molecular complexity index is 141. The van der Waals surface area contributed by atoms with Crippen LogP contribution < -0.4 is 10.6 Å². The molecule has 1 saturated heterocycles. The number of nitrogens with zero attached hydrogens (tertiary/aromatic N) is 1. The van der Waals surface area contributed by atoms with Gasteiger partial charge in [-0.1, -0.05) is 0 Å². The standard InChI is InChI=1S/C8H15N3/c1-2-7(10-3-1)4-8-5-9-6-11-8/h6-8,10H,1-5H2,(H,9,11). The Morgan fingerprint density at radius 2 is 2.45 bits per heavy atom. The first kappa shape index (κ1) is 7.10. The van der Waals surface area contributed by atoms with E-state index < -0.39 is 0 Å². The van der Waals surface area contributed by atoms with Crippen LogP contribution in [0.3, 0.4) is 0 Å². The Hall–Kier alpha value is -0.570. The first-order valence-electron chi connectivity index (χ1n) is 4.43. The predicted molar refractivity (Wildman–Crippen MR) is 45.9 cm³/mol. The van der Waals surface area contributed by atoms with Crippen LogP contribution in [-0.4, -0.2) is 31.5 Å². The molecular weight excluding hydrogens is 138 g/mol. The smallest absolute Gasteiger partial charge is 0.0827 e. The van der Waals surface area contributed by atoms with E-state index in [0.717, 1.165) is 12.6 Å². The molecule has 0 radical (unpaired) electrons. The van der Waals surface area contributed by atoms with Crippen LogP contribution in [-0.2, 0) is 0 Å². The zero-order chi connectivity index (χ0) is 7.52. The predicted octanol–water partition coefficient (Wildman–Crippen LogP) is 0.129. The molecule has 0 spiro atoms. The van der Waals surface area contributed by atoms with Gasteiger partial charge in [-0.3, -0.25) is 4.99 Å². The van der Waals surface area contributed by atoms with Crippen LogP contribution in [0.4, 0.5) is 0 Å². The van der Waals surface area contributed by atoms with Crippen molar-refractivity contribution in [2.24, 2.45) is 4.99 Å². The van der Waals surface area contributed by atoms with Gasteiger partial charge in [-0.05, 0) is 25.8 Å². The van der Waals surface area contributed by atoms with E-state index in [1.807, 2.05) is 6.34 Å². The molecule has 2 heterocycles. The van der Waals surface area contributed by atoms with E-state index >= 15 is 0 Å². The SMILES string of the molecule is C1=NCC(CC2CCCN2)N1. The number of nitrogens with one attached hydrogen (secondary N) is 2. The average Bonchev–Trinajstić information content (AvgIpc) is 2.60. The lowest BCUT2D eigenvalue weighted by molar-refractivity contribution is 0.482. The molecule has 0 saturated carbocycles. The maximum absolute atomic E-state index is 4.14. The third-order valence-corrected chi connectivity index (χ3v) is 2.46. The van der Waals surface area contributed by atoms with Crippen molar-refractivity contribution in [3.8, 4) is 0 Å². The molecule has 2 N–H and O–H groups in total. The second-order valence-electron chi connectivity index (χ2n) is 3.39. The number of hydrogen-bond donors (Lipinski definition) is 2. The van der Waals surface area contributed by atoms with Crippen molar-refractivity contribution in [1.82, 2.24) is 10.6 Å². The maximum Gasteiger partial charge on any atom is 0.0827 e. The summed E-state index contributed by atoms with van der Waals surface area (Å²) in [6.07, 6.45) is 5.76. The fourth-order valence-corrected chi connectivity index (χ4v) is 1.83. The fraction of sp³-hybridized carbons (Fsp3) is 0.875. The highest BCUT2D eigenvalue weighted by Crippen LogP contribution is 2.11. The molecule has 0 aliphatic carbocycles. The van der Waals surface area contributed by atoms with Crippen molar-refractivity contribution in [3.05, 3.63) is 0 Å². The molecule has 2 aliphatic heterocycles. The lowest BCUT2D eigenvalue weighted by Crippen LogP contribution is -2.33. The van der Waals surface area contributed by atoms with Gasteiger partial charge >= 0.3 is 0 Å². The van der Waals surface area contributed by atoms with Gasteiger partial charge in [-0.15, -0.1) is 0 Å². The molecule has 2 aliphatic rings. The summed E-state index contributed by atoms with van der Waals surface area (Å²) in [6.45, 7) is 2.18. The highest BCUT2D eigenvalue weighted by Gasteiger charge is 2.19. The summed E-state index contributed by atoms with van der Waals surface area (Å²) in [5.41, 5.74) is 0. The molecule has 1 fully saturated rings. The van der Waals surface area contributed by atoms with Crippen LogP contribution in [0.5, 0.6) is 0 Å². The van der Waals surface area contributed by atoms with E-state index in [1.165, 1.54) is 25.8 Å². The van der Waals surface area contributed by atoms with Gasteiger partial charge in [0.2, 0.25) is 0 Å². The zero-order valence-corrected chi connectivity index (χ0v) is 6.71. The molecule has 0 bridgehead atoms. The molecule has 3 nitrogen and oxygen atoms in total. The van der Waals surface area contributed by atoms with Crippen LogP contribution in [0.25, 0.3) is 0 Å². The molecule has 3 heteroatoms. The summed E-state index contributed by atoms with van der Waals surface area (Å²) < 4.78 is 0. The largest absolute Gasteiger partial charge is 0.372 e.